The van der Waals surface area contributed by atoms with Gasteiger partial charge in [0, 0.05) is 0 Å². The Hall–Kier alpha value is -1.53. The van der Waals surface area contributed by atoms with Crippen molar-refractivity contribution in [2.24, 2.45) is 0 Å². The van der Waals surface area contributed by atoms with Crippen LogP contribution in [0.15, 0.2) is 36.4 Å². The SMILES string of the molecule is Oc1ccc([C@@H]2NCCC[C@@H]2OCc2cc(C(F)(F)F)cc(C(F)(F)F)c2)cc1I. The van der Waals surface area contributed by atoms with Crippen LogP contribution in [0.3, 0.4) is 0 Å². The van der Waals surface area contributed by atoms with Crippen LogP contribution in [0.25, 0.3) is 0 Å². The highest BCUT2D eigenvalue weighted by Gasteiger charge is 2.37. The molecule has 1 heterocycles. The first-order chi connectivity index (χ1) is 13.9. The van der Waals surface area contributed by atoms with Gasteiger partial charge in [0.05, 0.1) is 33.4 Å². The third-order valence-corrected chi connectivity index (χ3v) is 5.71. The Kier molecular flexibility index (Phi) is 6.87. The van der Waals surface area contributed by atoms with Crippen LogP contribution in [-0.4, -0.2) is 17.8 Å². The van der Waals surface area contributed by atoms with Gasteiger partial charge in [-0.1, -0.05) is 6.07 Å². The number of benzene rings is 2. The van der Waals surface area contributed by atoms with Crippen LogP contribution >= 0.6 is 22.6 Å². The highest BCUT2D eigenvalue weighted by Crippen LogP contribution is 2.37. The fraction of sp³-hybridized carbons (Fsp3) is 0.400. The fourth-order valence-corrected chi connectivity index (χ4v) is 3.93. The molecule has 0 amide bonds. The third-order valence-electron chi connectivity index (χ3n) is 4.84. The molecule has 2 aromatic carbocycles. The highest BCUT2D eigenvalue weighted by atomic mass is 127. The summed E-state index contributed by atoms with van der Waals surface area (Å²) in [4.78, 5) is 0. The smallest absolute Gasteiger partial charge is 0.416 e. The highest BCUT2D eigenvalue weighted by molar-refractivity contribution is 14.1. The topological polar surface area (TPSA) is 41.5 Å². The normalized spacial score (nSPS) is 20.4. The minimum absolute atomic E-state index is 0.104. The zero-order chi connectivity index (χ0) is 22.1. The molecule has 30 heavy (non-hydrogen) atoms. The minimum Gasteiger partial charge on any atom is -0.507 e. The van der Waals surface area contributed by atoms with Gasteiger partial charge in [0.2, 0.25) is 0 Å². The van der Waals surface area contributed by atoms with Crippen LogP contribution in [0, 0.1) is 3.57 Å². The second kappa shape index (κ2) is 8.91. The van der Waals surface area contributed by atoms with Crippen molar-refractivity contribution >= 4 is 22.6 Å². The molecule has 0 unspecified atom stereocenters. The van der Waals surface area contributed by atoms with Crippen molar-refractivity contribution in [1.29, 1.82) is 0 Å². The van der Waals surface area contributed by atoms with E-state index >= 15 is 0 Å². The summed E-state index contributed by atoms with van der Waals surface area (Å²) in [5.74, 6) is 0.122. The fourth-order valence-electron chi connectivity index (χ4n) is 3.39. The van der Waals surface area contributed by atoms with Crippen LogP contribution in [0.4, 0.5) is 26.3 Å². The van der Waals surface area contributed by atoms with Gasteiger partial charge in [-0.15, -0.1) is 0 Å². The Bertz CT molecular complexity index is 868. The zero-order valence-electron chi connectivity index (χ0n) is 15.4. The van der Waals surface area contributed by atoms with E-state index in [4.69, 9.17) is 4.74 Å². The van der Waals surface area contributed by atoms with E-state index in [-0.39, 0.29) is 30.0 Å². The van der Waals surface area contributed by atoms with Crippen molar-refractivity contribution in [1.82, 2.24) is 5.32 Å². The van der Waals surface area contributed by atoms with E-state index < -0.39 is 29.6 Å². The third kappa shape index (κ3) is 5.58. The molecule has 1 fully saturated rings. The number of aromatic hydroxyl groups is 1. The predicted molar refractivity (Wildman–Crippen MR) is 106 cm³/mol. The number of piperidine rings is 1. The van der Waals surface area contributed by atoms with Crippen molar-refractivity contribution < 1.29 is 36.2 Å². The van der Waals surface area contributed by atoms with E-state index in [2.05, 4.69) is 5.32 Å². The van der Waals surface area contributed by atoms with E-state index in [1.54, 1.807) is 12.1 Å². The van der Waals surface area contributed by atoms with Crippen molar-refractivity contribution in [2.75, 3.05) is 6.54 Å². The van der Waals surface area contributed by atoms with Crippen molar-refractivity contribution in [3.05, 3.63) is 62.2 Å². The summed E-state index contributed by atoms with van der Waals surface area (Å²) in [5, 5.41) is 13.0. The summed E-state index contributed by atoms with van der Waals surface area (Å²) in [7, 11) is 0. The Morgan fingerprint density at radius 3 is 2.20 bits per heavy atom. The van der Waals surface area contributed by atoms with Crippen LogP contribution in [0.2, 0.25) is 0 Å². The lowest BCUT2D eigenvalue weighted by molar-refractivity contribution is -0.143. The van der Waals surface area contributed by atoms with Crippen LogP contribution < -0.4 is 5.32 Å². The first kappa shape index (κ1) is 23.1. The monoisotopic (exact) mass is 545 g/mol. The molecule has 0 spiro atoms. The number of phenols is 1. The van der Waals surface area contributed by atoms with Gasteiger partial charge in [-0.25, -0.2) is 0 Å². The van der Waals surface area contributed by atoms with Crippen LogP contribution in [0.1, 0.15) is 41.1 Å². The van der Waals surface area contributed by atoms with Gasteiger partial charge in [-0.05, 0) is 83.4 Å². The molecule has 2 aromatic rings. The molecule has 1 aliphatic rings. The average Bonchev–Trinajstić information content (AvgIpc) is 2.67. The van der Waals surface area contributed by atoms with Gasteiger partial charge in [0.1, 0.15) is 5.75 Å². The second-order valence-corrected chi connectivity index (χ2v) is 8.21. The van der Waals surface area contributed by atoms with Crippen LogP contribution in [0.5, 0.6) is 5.75 Å². The molecule has 10 heteroatoms. The first-order valence-electron chi connectivity index (χ1n) is 9.07. The van der Waals surface area contributed by atoms with E-state index in [1.165, 1.54) is 6.07 Å². The molecule has 0 saturated carbocycles. The quantitative estimate of drug-likeness (QED) is 0.364. The summed E-state index contributed by atoms with van der Waals surface area (Å²) in [5.41, 5.74) is -2.09. The number of phenolic OH excluding ortho intramolecular Hbond substituents is 1. The molecule has 0 bridgehead atoms. The largest absolute Gasteiger partial charge is 0.507 e. The van der Waals surface area contributed by atoms with Gasteiger partial charge in [-0.3, -0.25) is 0 Å². The standard InChI is InChI=1S/C20H18F6INO2/c21-19(22,23)13-6-11(7-14(9-13)20(24,25)26)10-30-17-2-1-5-28-18(17)12-3-4-16(29)15(27)8-12/h3-4,6-9,17-18,28-29H,1-2,5,10H2/t17-,18-/m0/s1. The summed E-state index contributed by atoms with van der Waals surface area (Å²) in [6.45, 7) is 0.314. The van der Waals surface area contributed by atoms with Gasteiger partial charge in [-0.2, -0.15) is 26.3 Å². The Morgan fingerprint density at radius 2 is 1.63 bits per heavy atom. The maximum absolute atomic E-state index is 13.0. The average molecular weight is 545 g/mol. The minimum atomic E-state index is -4.90. The molecule has 164 valence electrons. The molecule has 3 nitrogen and oxygen atoms in total. The number of nitrogens with one attached hydrogen (secondary N) is 1. The van der Waals surface area contributed by atoms with E-state index in [0.717, 1.165) is 12.0 Å². The Labute approximate surface area is 182 Å². The molecule has 2 atom stereocenters. The van der Waals surface area contributed by atoms with E-state index in [1.807, 2.05) is 22.6 Å². The molecule has 0 aromatic heterocycles. The van der Waals surface area contributed by atoms with Crippen molar-refractivity contribution in [3.8, 4) is 5.75 Å². The number of hydrogen-bond acceptors (Lipinski definition) is 3. The lowest BCUT2D eigenvalue weighted by atomic mass is 9.94. The molecule has 2 N–H and O–H groups in total. The summed E-state index contributed by atoms with van der Waals surface area (Å²) in [6, 6.07) is 6.19. The molecule has 0 radical (unpaired) electrons. The number of hydrogen-bond donors (Lipinski definition) is 2. The number of ether oxygens (including phenoxy) is 1. The lowest BCUT2D eigenvalue weighted by Gasteiger charge is -2.33. The molecule has 3 rings (SSSR count). The van der Waals surface area contributed by atoms with Crippen molar-refractivity contribution in [3.63, 3.8) is 0 Å². The number of halogens is 7. The van der Waals surface area contributed by atoms with Gasteiger partial charge in [0.25, 0.3) is 0 Å². The second-order valence-electron chi connectivity index (χ2n) is 7.05. The van der Waals surface area contributed by atoms with E-state index in [0.29, 0.717) is 28.7 Å². The summed E-state index contributed by atoms with van der Waals surface area (Å²) in [6.07, 6.45) is -8.88. The summed E-state index contributed by atoms with van der Waals surface area (Å²) >= 11 is 1.97. The van der Waals surface area contributed by atoms with Gasteiger partial charge in [0.15, 0.2) is 0 Å². The molecular weight excluding hydrogens is 527 g/mol. The molecule has 1 saturated heterocycles. The van der Waals surface area contributed by atoms with Gasteiger partial charge >= 0.3 is 12.4 Å². The molecule has 0 aliphatic carbocycles. The van der Waals surface area contributed by atoms with E-state index in [9.17, 15) is 31.4 Å². The Morgan fingerprint density at radius 1 is 1.00 bits per heavy atom. The van der Waals surface area contributed by atoms with Crippen LogP contribution in [-0.2, 0) is 23.7 Å². The summed E-state index contributed by atoms with van der Waals surface area (Å²) < 4.78 is 84.7. The van der Waals surface area contributed by atoms with Crippen molar-refractivity contribution in [2.45, 2.75) is 43.9 Å². The first-order valence-corrected chi connectivity index (χ1v) is 10.1. The molecular formula is C20H18F6INO2. The number of alkyl halides is 6. The number of rotatable bonds is 4. The predicted octanol–water partition coefficient (Wildman–Crippen LogP) is 6.04. The Balaban J connectivity index is 1.82. The molecule has 1 aliphatic heterocycles. The zero-order valence-corrected chi connectivity index (χ0v) is 17.6. The maximum atomic E-state index is 13.0. The van der Waals surface area contributed by atoms with Gasteiger partial charge < -0.3 is 15.2 Å². The maximum Gasteiger partial charge on any atom is 0.416 e. The lowest BCUT2D eigenvalue weighted by Crippen LogP contribution is -2.39.